The van der Waals surface area contributed by atoms with E-state index in [9.17, 15) is 24.2 Å². The molecule has 5 atom stereocenters. The molecule has 5 unspecified atom stereocenters. The van der Waals surface area contributed by atoms with Crippen molar-refractivity contribution in [2.75, 3.05) is 24.7 Å². The monoisotopic (exact) mass is 446 g/mol. The number of aliphatic carboxylic acids is 2. The number of nitrogens with two attached hydrogens (primary N) is 1. The molecule has 0 aromatic heterocycles. The number of alkyl halides is 1. The lowest BCUT2D eigenvalue weighted by atomic mass is 9.51. The molecule has 0 spiro atoms. The Labute approximate surface area is 179 Å². The van der Waals surface area contributed by atoms with Gasteiger partial charge in [-0.3, -0.25) is 9.59 Å². The lowest BCUT2D eigenvalue weighted by molar-refractivity contribution is -0.172. The molecule has 1 saturated heterocycles. The van der Waals surface area contributed by atoms with Crippen LogP contribution in [0.25, 0.3) is 0 Å². The van der Waals surface area contributed by atoms with Crippen molar-refractivity contribution in [3.05, 3.63) is 34.9 Å². The molecule has 9 heteroatoms. The van der Waals surface area contributed by atoms with Gasteiger partial charge in [-0.1, -0.05) is 36.7 Å². The zero-order valence-electron chi connectivity index (χ0n) is 16.5. The highest BCUT2D eigenvalue weighted by molar-refractivity contribution is 7.99. The van der Waals surface area contributed by atoms with E-state index >= 15 is 0 Å². The molecule has 0 bridgehead atoms. The third kappa shape index (κ3) is 4.00. The second-order valence-electron chi connectivity index (χ2n) is 7.53. The second kappa shape index (κ2) is 9.64. The highest BCUT2D eigenvalue weighted by Gasteiger charge is 2.66. The third-order valence-electron chi connectivity index (χ3n) is 6.22. The van der Waals surface area contributed by atoms with Crippen LogP contribution in [0.1, 0.15) is 31.7 Å². The predicted octanol–water partition coefficient (Wildman–Crippen LogP) is 3.00. The summed E-state index contributed by atoms with van der Waals surface area (Å²) in [6, 6.07) is 4.91. The first-order valence-corrected chi connectivity index (χ1v) is 11.1. The Bertz CT molecular complexity index is 755. The van der Waals surface area contributed by atoms with Gasteiger partial charge in [0.15, 0.2) is 0 Å². The van der Waals surface area contributed by atoms with Gasteiger partial charge in [0.2, 0.25) is 0 Å². The number of hydrogen-bond donors (Lipinski definition) is 4. The Morgan fingerprint density at radius 2 is 1.93 bits per heavy atom. The number of halogens is 2. The molecule has 0 saturated carbocycles. The van der Waals surface area contributed by atoms with E-state index in [0.717, 1.165) is 0 Å². The minimum absolute atomic E-state index is 0.154. The number of carbonyl (C=O) groups is 2. The number of benzene rings is 1. The summed E-state index contributed by atoms with van der Waals surface area (Å²) in [6.07, 6.45) is 0.154. The van der Waals surface area contributed by atoms with Crippen LogP contribution in [0.3, 0.4) is 0 Å². The molecular weight excluding hydrogens is 419 g/mol. The van der Waals surface area contributed by atoms with E-state index in [1.165, 1.54) is 18.7 Å². The molecule has 2 rings (SSSR count). The fourth-order valence-electron chi connectivity index (χ4n) is 4.64. The number of thioether (sulfide) groups is 1. The van der Waals surface area contributed by atoms with Gasteiger partial charge in [0.05, 0.1) is 16.9 Å². The number of nitrogens with one attached hydrogen (secondary N) is 1. The van der Waals surface area contributed by atoms with Crippen LogP contribution < -0.4 is 11.1 Å². The Morgan fingerprint density at radius 3 is 2.41 bits per heavy atom. The van der Waals surface area contributed by atoms with E-state index in [1.807, 2.05) is 0 Å². The van der Waals surface area contributed by atoms with E-state index in [2.05, 4.69) is 5.32 Å². The van der Waals surface area contributed by atoms with Crippen molar-refractivity contribution >= 4 is 35.3 Å². The van der Waals surface area contributed by atoms with Crippen molar-refractivity contribution in [2.24, 2.45) is 16.6 Å². The average Bonchev–Trinajstić information content (AvgIpc) is 2.69. The number of hydrogen-bond acceptors (Lipinski definition) is 5. The van der Waals surface area contributed by atoms with E-state index in [-0.39, 0.29) is 11.4 Å². The molecule has 1 fully saturated rings. The summed E-state index contributed by atoms with van der Waals surface area (Å²) in [5.74, 6) is -2.44. The number of carboxylic acids is 2. The molecular formula is C20H28ClFN2O4S. The van der Waals surface area contributed by atoms with Crippen molar-refractivity contribution < 1.29 is 24.2 Å². The van der Waals surface area contributed by atoms with Crippen LogP contribution in [0.5, 0.6) is 0 Å². The van der Waals surface area contributed by atoms with Gasteiger partial charge in [-0.25, -0.2) is 4.39 Å². The van der Waals surface area contributed by atoms with Crippen LogP contribution in [0.15, 0.2) is 24.3 Å². The van der Waals surface area contributed by atoms with E-state index < -0.39 is 47.4 Å². The zero-order chi connectivity index (χ0) is 21.8. The summed E-state index contributed by atoms with van der Waals surface area (Å²) in [4.78, 5) is 25.2. The smallest absolute Gasteiger partial charge is 0.311 e. The Kier molecular flexibility index (Phi) is 7.95. The van der Waals surface area contributed by atoms with Crippen LogP contribution >= 0.6 is 23.4 Å². The van der Waals surface area contributed by atoms with Gasteiger partial charge in [-0.15, -0.1) is 0 Å². The summed E-state index contributed by atoms with van der Waals surface area (Å²) in [6.45, 7) is 2.62. The van der Waals surface area contributed by atoms with Crippen LogP contribution in [0, 0.1) is 10.8 Å². The van der Waals surface area contributed by atoms with Crippen LogP contribution in [0.2, 0.25) is 5.02 Å². The number of piperidine rings is 1. The molecule has 1 aromatic rings. The minimum Gasteiger partial charge on any atom is -0.481 e. The van der Waals surface area contributed by atoms with Crippen molar-refractivity contribution in [3.63, 3.8) is 0 Å². The first-order valence-electron chi connectivity index (χ1n) is 9.52. The van der Waals surface area contributed by atoms with Gasteiger partial charge < -0.3 is 21.3 Å². The number of rotatable bonds is 9. The van der Waals surface area contributed by atoms with Crippen LogP contribution in [-0.2, 0) is 9.59 Å². The largest absolute Gasteiger partial charge is 0.481 e. The maximum absolute atomic E-state index is 14.1. The lowest BCUT2D eigenvalue weighted by Crippen LogP contribution is -2.71. The summed E-state index contributed by atoms with van der Waals surface area (Å²) in [5, 5.41) is 23.9. The van der Waals surface area contributed by atoms with Gasteiger partial charge in [0.1, 0.15) is 6.67 Å². The topological polar surface area (TPSA) is 113 Å². The molecule has 29 heavy (non-hydrogen) atoms. The standard InChI is InChI=1S/C20H28ClFN2O4S/c1-3-20(18(27)28)15(11-29-9-8-23)24-14(10-22)19(2,17(25)26)16(20)12-6-4-5-7-13(12)21/h4-7,14-16,24H,3,8-11,23H2,1-2H3,(H,25,26)(H,27,28). The molecule has 0 amide bonds. The maximum Gasteiger partial charge on any atom is 0.311 e. The van der Waals surface area contributed by atoms with Gasteiger partial charge in [0, 0.05) is 35.0 Å². The first-order chi connectivity index (χ1) is 13.7. The third-order valence-corrected chi connectivity index (χ3v) is 7.66. The summed E-state index contributed by atoms with van der Waals surface area (Å²) < 4.78 is 14.1. The Morgan fingerprint density at radius 1 is 1.28 bits per heavy atom. The SMILES string of the molecule is CCC1(C(=O)O)C(CSCCN)NC(CF)C(C)(C(=O)O)C1c1ccccc1Cl. The molecule has 0 aliphatic carbocycles. The average molecular weight is 447 g/mol. The molecule has 1 heterocycles. The van der Waals surface area contributed by atoms with Gasteiger partial charge >= 0.3 is 11.9 Å². The summed E-state index contributed by atoms with van der Waals surface area (Å²) in [5.41, 5.74) is 2.77. The second-order valence-corrected chi connectivity index (χ2v) is 9.09. The molecule has 1 aliphatic rings. The molecule has 6 nitrogen and oxygen atoms in total. The summed E-state index contributed by atoms with van der Waals surface area (Å²) >= 11 is 7.89. The quantitative estimate of drug-likeness (QED) is 0.431. The molecule has 1 aliphatic heterocycles. The lowest BCUT2D eigenvalue weighted by Gasteiger charge is -2.57. The van der Waals surface area contributed by atoms with Crippen molar-refractivity contribution in [1.82, 2.24) is 5.32 Å². The maximum atomic E-state index is 14.1. The minimum atomic E-state index is -1.72. The molecule has 0 radical (unpaired) electrons. The Balaban J connectivity index is 2.79. The first kappa shape index (κ1) is 23.9. The van der Waals surface area contributed by atoms with E-state index in [0.29, 0.717) is 23.6 Å². The van der Waals surface area contributed by atoms with Crippen LogP contribution in [-0.4, -0.2) is 59.0 Å². The van der Waals surface area contributed by atoms with Crippen molar-refractivity contribution in [3.8, 4) is 0 Å². The predicted molar refractivity (Wildman–Crippen MR) is 113 cm³/mol. The van der Waals surface area contributed by atoms with Gasteiger partial charge in [-0.05, 0) is 25.0 Å². The fourth-order valence-corrected chi connectivity index (χ4v) is 5.85. The summed E-state index contributed by atoms with van der Waals surface area (Å²) in [7, 11) is 0. The van der Waals surface area contributed by atoms with Crippen molar-refractivity contribution in [1.29, 1.82) is 0 Å². The number of carboxylic acid groups (broad SMARTS) is 2. The van der Waals surface area contributed by atoms with Crippen LogP contribution in [0.4, 0.5) is 4.39 Å². The highest BCUT2D eigenvalue weighted by atomic mass is 35.5. The molecule has 162 valence electrons. The fraction of sp³-hybridized carbons (Fsp3) is 0.600. The van der Waals surface area contributed by atoms with Gasteiger partial charge in [-0.2, -0.15) is 11.8 Å². The normalized spacial score (nSPS) is 32.1. The zero-order valence-corrected chi connectivity index (χ0v) is 18.1. The van der Waals surface area contributed by atoms with Crippen molar-refractivity contribution in [2.45, 2.75) is 38.3 Å². The Hall–Kier alpha value is -1.35. The molecule has 5 N–H and O–H groups in total. The highest BCUT2D eigenvalue weighted by Crippen LogP contribution is 2.58. The van der Waals surface area contributed by atoms with E-state index in [4.69, 9.17) is 17.3 Å². The van der Waals surface area contributed by atoms with E-state index in [1.54, 1.807) is 31.2 Å². The van der Waals surface area contributed by atoms with Gasteiger partial charge in [0.25, 0.3) is 0 Å². The molecule has 1 aromatic carbocycles.